The monoisotopic (exact) mass is 272 g/mol. The second kappa shape index (κ2) is 4.81. The molecule has 1 aromatic heterocycles. The first-order valence-electron chi connectivity index (χ1n) is 4.65. The molecule has 0 saturated carbocycles. The van der Waals surface area contributed by atoms with E-state index in [2.05, 4.69) is 20.5 Å². The van der Waals surface area contributed by atoms with Crippen LogP contribution in [0.15, 0.2) is 18.2 Å². The Bertz CT molecular complexity index is 562. The minimum absolute atomic E-state index is 0.0375. The van der Waals surface area contributed by atoms with E-state index in [1.165, 1.54) is 6.07 Å². The summed E-state index contributed by atoms with van der Waals surface area (Å²) in [6, 6.07) is 4.67. The number of hydrogen-bond donors (Lipinski definition) is 1. The van der Waals surface area contributed by atoms with Gasteiger partial charge in [-0.25, -0.2) is 4.39 Å². The van der Waals surface area contributed by atoms with E-state index in [1.54, 1.807) is 19.1 Å². The van der Waals surface area contributed by atoms with Crippen LogP contribution in [0, 0.1) is 12.7 Å². The zero-order valence-corrected chi connectivity index (χ0v) is 10.2. The van der Waals surface area contributed by atoms with Gasteiger partial charge in [-0.05, 0) is 36.2 Å². The van der Waals surface area contributed by atoms with Crippen LogP contribution in [0.5, 0.6) is 0 Å². The summed E-state index contributed by atoms with van der Waals surface area (Å²) in [5, 5.41) is 9.89. The van der Waals surface area contributed by atoms with Gasteiger partial charge in [-0.15, -0.1) is 10.2 Å². The molecule has 0 atom stereocenters. The molecular weight excluding hydrogens is 266 g/mol. The molecule has 17 heavy (non-hydrogen) atoms. The molecule has 0 saturated heterocycles. The van der Waals surface area contributed by atoms with Crippen LogP contribution in [0.25, 0.3) is 0 Å². The van der Waals surface area contributed by atoms with Crippen LogP contribution in [0.1, 0.15) is 5.56 Å². The van der Waals surface area contributed by atoms with Crippen molar-refractivity contribution in [2.45, 2.75) is 6.92 Å². The third-order valence-corrected chi connectivity index (χ3v) is 2.47. The molecule has 4 nitrogen and oxygen atoms in total. The molecule has 0 aliphatic rings. The van der Waals surface area contributed by atoms with Crippen molar-refractivity contribution in [1.29, 1.82) is 0 Å². The zero-order valence-electron chi connectivity index (χ0n) is 8.71. The second-order valence-corrected chi connectivity index (χ2v) is 4.01. The van der Waals surface area contributed by atoms with Crippen LogP contribution < -0.4 is 5.32 Å². The quantitative estimate of drug-likeness (QED) is 0.911. The van der Waals surface area contributed by atoms with Gasteiger partial charge in [0.15, 0.2) is 11.0 Å². The minimum Gasteiger partial charge on any atom is -0.337 e. The fraction of sp³-hybridized carbons (Fsp3) is 0.100. The standard InChI is InChI=1S/C10H7Cl2FN4/c1-5-2-3-6(4-7(5)13)14-9-8(11)16-17-10(12)15-9/h2-4H,1H3,(H,14,15,17). The number of benzene rings is 1. The Morgan fingerprint density at radius 2 is 2.00 bits per heavy atom. The van der Waals surface area contributed by atoms with Crippen molar-refractivity contribution in [2.75, 3.05) is 5.32 Å². The normalized spacial score (nSPS) is 10.4. The Hall–Kier alpha value is -1.46. The lowest BCUT2D eigenvalue weighted by atomic mass is 10.2. The van der Waals surface area contributed by atoms with Crippen LogP contribution >= 0.6 is 23.2 Å². The van der Waals surface area contributed by atoms with E-state index in [9.17, 15) is 4.39 Å². The predicted molar refractivity (Wildman–Crippen MR) is 64.3 cm³/mol. The first-order valence-corrected chi connectivity index (χ1v) is 5.41. The number of nitrogens with one attached hydrogen (secondary N) is 1. The highest BCUT2D eigenvalue weighted by Crippen LogP contribution is 2.22. The summed E-state index contributed by atoms with van der Waals surface area (Å²) in [4.78, 5) is 3.85. The third kappa shape index (κ3) is 2.81. The summed E-state index contributed by atoms with van der Waals surface area (Å²) >= 11 is 11.3. The molecule has 0 spiro atoms. The molecule has 0 fully saturated rings. The van der Waals surface area contributed by atoms with Crippen molar-refractivity contribution >= 4 is 34.7 Å². The summed E-state index contributed by atoms with van der Waals surface area (Å²) in [5.74, 6) is -0.0887. The lowest BCUT2D eigenvalue weighted by Gasteiger charge is -2.07. The molecule has 1 heterocycles. The van der Waals surface area contributed by atoms with E-state index in [1.807, 2.05) is 0 Å². The van der Waals surface area contributed by atoms with Crippen molar-refractivity contribution in [3.05, 3.63) is 40.0 Å². The maximum atomic E-state index is 13.3. The first kappa shape index (κ1) is 12.0. The lowest BCUT2D eigenvalue weighted by molar-refractivity contribution is 0.619. The molecule has 0 aliphatic carbocycles. The number of halogens is 3. The highest BCUT2D eigenvalue weighted by Gasteiger charge is 2.07. The fourth-order valence-corrected chi connectivity index (χ4v) is 1.43. The molecule has 1 aromatic carbocycles. The molecule has 2 rings (SSSR count). The number of nitrogens with zero attached hydrogens (tertiary/aromatic N) is 3. The van der Waals surface area contributed by atoms with E-state index in [-0.39, 0.29) is 22.1 Å². The Morgan fingerprint density at radius 1 is 1.24 bits per heavy atom. The maximum absolute atomic E-state index is 13.3. The number of anilines is 2. The summed E-state index contributed by atoms with van der Waals surface area (Å²) in [5.41, 5.74) is 1.06. The third-order valence-electron chi connectivity index (χ3n) is 2.05. The van der Waals surface area contributed by atoms with Crippen LogP contribution in [0.2, 0.25) is 10.4 Å². The fourth-order valence-electron chi connectivity index (χ4n) is 1.18. The average Bonchev–Trinajstić information content (AvgIpc) is 2.29. The number of aryl methyl sites for hydroxylation is 1. The van der Waals surface area contributed by atoms with Crippen molar-refractivity contribution in [3.63, 3.8) is 0 Å². The topological polar surface area (TPSA) is 50.7 Å². The summed E-state index contributed by atoms with van der Waals surface area (Å²) < 4.78 is 13.3. The predicted octanol–water partition coefficient (Wildman–Crippen LogP) is 3.37. The maximum Gasteiger partial charge on any atom is 0.245 e. The molecule has 7 heteroatoms. The van der Waals surface area contributed by atoms with Gasteiger partial charge >= 0.3 is 0 Å². The Morgan fingerprint density at radius 3 is 2.71 bits per heavy atom. The van der Waals surface area contributed by atoms with E-state index in [0.29, 0.717) is 11.3 Å². The molecule has 1 N–H and O–H groups in total. The van der Waals surface area contributed by atoms with Gasteiger partial charge in [0.2, 0.25) is 5.28 Å². The highest BCUT2D eigenvalue weighted by molar-refractivity contribution is 6.32. The molecule has 0 bridgehead atoms. The van der Waals surface area contributed by atoms with Gasteiger partial charge in [0, 0.05) is 5.69 Å². The van der Waals surface area contributed by atoms with Gasteiger partial charge in [0.1, 0.15) is 5.82 Å². The molecule has 0 unspecified atom stereocenters. The SMILES string of the molecule is Cc1ccc(Nc2nc(Cl)nnc2Cl)cc1F. The van der Waals surface area contributed by atoms with Gasteiger partial charge in [-0.1, -0.05) is 17.7 Å². The average molecular weight is 273 g/mol. The van der Waals surface area contributed by atoms with Gasteiger partial charge < -0.3 is 5.32 Å². The van der Waals surface area contributed by atoms with Gasteiger partial charge in [0.05, 0.1) is 0 Å². The van der Waals surface area contributed by atoms with Crippen molar-refractivity contribution in [1.82, 2.24) is 15.2 Å². The van der Waals surface area contributed by atoms with Crippen molar-refractivity contribution in [2.24, 2.45) is 0 Å². The smallest absolute Gasteiger partial charge is 0.245 e. The first-order chi connectivity index (χ1) is 8.06. The Kier molecular flexibility index (Phi) is 3.40. The van der Waals surface area contributed by atoms with Crippen molar-refractivity contribution in [3.8, 4) is 0 Å². The number of aromatic nitrogens is 3. The summed E-state index contributed by atoms with van der Waals surface area (Å²) in [7, 11) is 0. The molecule has 0 aliphatic heterocycles. The van der Waals surface area contributed by atoms with Crippen LogP contribution in [0.3, 0.4) is 0 Å². The molecule has 0 radical (unpaired) electrons. The summed E-state index contributed by atoms with van der Waals surface area (Å²) in [6.45, 7) is 1.68. The molecule has 2 aromatic rings. The molecule has 0 amide bonds. The second-order valence-electron chi connectivity index (χ2n) is 3.31. The van der Waals surface area contributed by atoms with Crippen LogP contribution in [0.4, 0.5) is 15.9 Å². The highest BCUT2D eigenvalue weighted by atomic mass is 35.5. The van der Waals surface area contributed by atoms with E-state index in [0.717, 1.165) is 0 Å². The van der Waals surface area contributed by atoms with E-state index in [4.69, 9.17) is 23.2 Å². The number of hydrogen-bond acceptors (Lipinski definition) is 4. The van der Waals surface area contributed by atoms with E-state index >= 15 is 0 Å². The summed E-state index contributed by atoms with van der Waals surface area (Å²) in [6.07, 6.45) is 0. The van der Waals surface area contributed by atoms with Gasteiger partial charge in [-0.3, -0.25) is 0 Å². The lowest BCUT2D eigenvalue weighted by Crippen LogP contribution is -1.99. The zero-order chi connectivity index (χ0) is 12.4. The molecule has 88 valence electrons. The van der Waals surface area contributed by atoms with Crippen molar-refractivity contribution < 1.29 is 4.39 Å². The minimum atomic E-state index is -0.320. The van der Waals surface area contributed by atoms with E-state index < -0.39 is 0 Å². The van der Waals surface area contributed by atoms with Crippen LogP contribution in [-0.2, 0) is 0 Å². The number of rotatable bonds is 2. The largest absolute Gasteiger partial charge is 0.337 e. The van der Waals surface area contributed by atoms with Gasteiger partial charge in [-0.2, -0.15) is 4.98 Å². The van der Waals surface area contributed by atoms with Crippen LogP contribution in [-0.4, -0.2) is 15.2 Å². The van der Waals surface area contributed by atoms with Gasteiger partial charge in [0.25, 0.3) is 0 Å². The Labute approximate surface area is 107 Å². The Balaban J connectivity index is 2.31. The molecular formula is C10H7Cl2FN4.